The lowest BCUT2D eigenvalue weighted by molar-refractivity contribution is -0.127. The summed E-state index contributed by atoms with van der Waals surface area (Å²) in [6, 6.07) is 10.7. The molecule has 0 radical (unpaired) electrons. The highest BCUT2D eigenvalue weighted by molar-refractivity contribution is 5.72. The largest absolute Gasteiger partial charge is 0.342 e. The average Bonchev–Trinajstić information content (AvgIpc) is 2.46. The lowest BCUT2D eigenvalue weighted by Gasteiger charge is -2.10. The first kappa shape index (κ1) is 16.5. The number of hydrogen-bond acceptors (Lipinski definition) is 1. The van der Waals surface area contributed by atoms with Crippen molar-refractivity contribution < 1.29 is 4.79 Å². The maximum Gasteiger partial charge on any atom is 0.219 e. The van der Waals surface area contributed by atoms with Crippen LogP contribution in [0.4, 0.5) is 0 Å². The minimum Gasteiger partial charge on any atom is -0.342 e. The van der Waals surface area contributed by atoms with E-state index in [9.17, 15) is 4.79 Å². The Bertz CT molecular complexity index is 397. The van der Waals surface area contributed by atoms with Crippen molar-refractivity contribution in [1.29, 1.82) is 0 Å². The minimum atomic E-state index is 0.121. The van der Waals surface area contributed by atoms with Crippen LogP contribution >= 0.6 is 0 Å². The van der Waals surface area contributed by atoms with Gasteiger partial charge in [0.1, 0.15) is 0 Å². The van der Waals surface area contributed by atoms with Gasteiger partial charge in [-0.05, 0) is 31.2 Å². The van der Waals surface area contributed by atoms with Crippen molar-refractivity contribution in [1.82, 2.24) is 4.90 Å². The van der Waals surface area contributed by atoms with Crippen molar-refractivity contribution in [3.05, 3.63) is 48.0 Å². The standard InChI is InChI=1S/C18H27NO/c1-17(20)19(2)16-12-7-5-3-4-6-9-13-18-14-10-8-11-15-18/h7-8,10-12,14-15H,3-6,9,13,16H2,1-2H3. The highest BCUT2D eigenvalue weighted by Crippen LogP contribution is 2.09. The highest BCUT2D eigenvalue weighted by atomic mass is 16.2. The van der Waals surface area contributed by atoms with E-state index in [1.807, 2.05) is 7.05 Å². The van der Waals surface area contributed by atoms with Crippen LogP contribution in [0, 0.1) is 0 Å². The van der Waals surface area contributed by atoms with Crippen LogP contribution in [0.3, 0.4) is 0 Å². The summed E-state index contributed by atoms with van der Waals surface area (Å²) in [5, 5.41) is 0. The first-order valence-corrected chi connectivity index (χ1v) is 7.61. The molecule has 0 N–H and O–H groups in total. The highest BCUT2D eigenvalue weighted by Gasteiger charge is 1.97. The number of allylic oxidation sites excluding steroid dienone is 1. The molecule has 0 saturated heterocycles. The summed E-state index contributed by atoms with van der Waals surface area (Å²) in [5.74, 6) is 0.121. The van der Waals surface area contributed by atoms with Gasteiger partial charge in [0.25, 0.3) is 0 Å². The van der Waals surface area contributed by atoms with Crippen molar-refractivity contribution in [2.45, 2.75) is 45.4 Å². The Hall–Kier alpha value is -1.57. The molecule has 1 rings (SSSR count). The van der Waals surface area contributed by atoms with E-state index in [-0.39, 0.29) is 5.91 Å². The molecule has 0 bridgehead atoms. The molecular formula is C18H27NO. The predicted molar refractivity (Wildman–Crippen MR) is 85.7 cm³/mol. The molecule has 20 heavy (non-hydrogen) atoms. The summed E-state index contributed by atoms with van der Waals surface area (Å²) in [6.07, 6.45) is 11.7. The molecule has 2 nitrogen and oxygen atoms in total. The van der Waals surface area contributed by atoms with E-state index in [0.717, 1.165) is 13.0 Å². The van der Waals surface area contributed by atoms with E-state index in [4.69, 9.17) is 0 Å². The van der Waals surface area contributed by atoms with Crippen molar-refractivity contribution in [2.75, 3.05) is 13.6 Å². The number of amides is 1. The molecule has 0 aliphatic carbocycles. The van der Waals surface area contributed by atoms with Crippen LogP contribution in [0.1, 0.15) is 44.6 Å². The lowest BCUT2D eigenvalue weighted by atomic mass is 10.1. The molecule has 0 heterocycles. The quantitative estimate of drug-likeness (QED) is 0.487. The fourth-order valence-corrected chi connectivity index (χ4v) is 2.07. The van der Waals surface area contributed by atoms with Crippen LogP contribution < -0.4 is 0 Å². The zero-order chi connectivity index (χ0) is 14.6. The number of benzene rings is 1. The summed E-state index contributed by atoms with van der Waals surface area (Å²) < 4.78 is 0. The van der Waals surface area contributed by atoms with Crippen molar-refractivity contribution in [3.63, 3.8) is 0 Å². The number of likely N-dealkylation sites (N-methyl/N-ethyl adjacent to an activating group) is 1. The van der Waals surface area contributed by atoms with Crippen molar-refractivity contribution >= 4 is 5.91 Å². The van der Waals surface area contributed by atoms with Gasteiger partial charge >= 0.3 is 0 Å². The van der Waals surface area contributed by atoms with E-state index < -0.39 is 0 Å². The SMILES string of the molecule is CC(=O)N(C)CC=CCCCCCCc1ccccc1. The summed E-state index contributed by atoms with van der Waals surface area (Å²) in [5.41, 5.74) is 1.44. The second kappa shape index (κ2) is 10.2. The Kier molecular flexibility index (Phi) is 8.44. The molecule has 1 aromatic carbocycles. The fourth-order valence-electron chi connectivity index (χ4n) is 2.07. The normalized spacial score (nSPS) is 10.9. The summed E-state index contributed by atoms with van der Waals surface area (Å²) in [4.78, 5) is 12.7. The predicted octanol–water partition coefficient (Wildman–Crippen LogP) is 4.21. The Morgan fingerprint density at radius 3 is 2.45 bits per heavy atom. The number of rotatable bonds is 9. The van der Waals surface area contributed by atoms with Gasteiger partial charge in [-0.1, -0.05) is 55.3 Å². The molecule has 110 valence electrons. The van der Waals surface area contributed by atoms with Gasteiger partial charge in [0.05, 0.1) is 0 Å². The minimum absolute atomic E-state index is 0.121. The van der Waals surface area contributed by atoms with Gasteiger partial charge < -0.3 is 4.90 Å². The molecule has 0 fully saturated rings. The number of unbranched alkanes of at least 4 members (excludes halogenated alkanes) is 4. The molecular weight excluding hydrogens is 246 g/mol. The summed E-state index contributed by atoms with van der Waals surface area (Å²) >= 11 is 0. The summed E-state index contributed by atoms with van der Waals surface area (Å²) in [7, 11) is 1.83. The molecule has 1 amide bonds. The molecule has 2 heteroatoms. The van der Waals surface area contributed by atoms with Crippen molar-refractivity contribution in [3.8, 4) is 0 Å². The third-order valence-corrected chi connectivity index (χ3v) is 3.51. The third-order valence-electron chi connectivity index (χ3n) is 3.51. The number of carbonyl (C=O) groups is 1. The average molecular weight is 273 g/mol. The Labute approximate surface area is 123 Å². The van der Waals surface area contributed by atoms with Crippen LogP contribution in [0.25, 0.3) is 0 Å². The van der Waals surface area contributed by atoms with Gasteiger partial charge in [0.2, 0.25) is 5.91 Å². The first-order chi connectivity index (χ1) is 9.70. The maximum atomic E-state index is 11.0. The number of hydrogen-bond donors (Lipinski definition) is 0. The molecule has 0 unspecified atom stereocenters. The molecule has 0 aromatic heterocycles. The Morgan fingerprint density at radius 2 is 1.75 bits per heavy atom. The van der Waals surface area contributed by atoms with E-state index in [2.05, 4.69) is 42.5 Å². The van der Waals surface area contributed by atoms with Gasteiger partial charge in [-0.15, -0.1) is 0 Å². The topological polar surface area (TPSA) is 20.3 Å². The van der Waals surface area contributed by atoms with Gasteiger partial charge in [0, 0.05) is 20.5 Å². The lowest BCUT2D eigenvalue weighted by Crippen LogP contribution is -2.23. The van der Waals surface area contributed by atoms with Gasteiger partial charge in [-0.25, -0.2) is 0 Å². The Morgan fingerprint density at radius 1 is 1.05 bits per heavy atom. The monoisotopic (exact) mass is 273 g/mol. The van der Waals surface area contributed by atoms with Crippen LogP contribution in [-0.4, -0.2) is 24.4 Å². The van der Waals surface area contributed by atoms with E-state index >= 15 is 0 Å². The molecule has 0 spiro atoms. The molecule has 0 saturated carbocycles. The van der Waals surface area contributed by atoms with E-state index in [1.165, 1.54) is 37.7 Å². The zero-order valence-corrected chi connectivity index (χ0v) is 12.8. The Balaban J connectivity index is 1.95. The first-order valence-electron chi connectivity index (χ1n) is 7.61. The summed E-state index contributed by atoms with van der Waals surface area (Å²) in [6.45, 7) is 2.32. The van der Waals surface area contributed by atoms with Crippen molar-refractivity contribution in [2.24, 2.45) is 0 Å². The van der Waals surface area contributed by atoms with Crippen LogP contribution in [0.15, 0.2) is 42.5 Å². The van der Waals surface area contributed by atoms with E-state index in [0.29, 0.717) is 0 Å². The number of carbonyl (C=O) groups excluding carboxylic acids is 1. The van der Waals surface area contributed by atoms with Gasteiger partial charge in [-0.2, -0.15) is 0 Å². The van der Waals surface area contributed by atoms with Gasteiger partial charge in [-0.3, -0.25) is 4.79 Å². The van der Waals surface area contributed by atoms with Gasteiger partial charge in [0.15, 0.2) is 0 Å². The van der Waals surface area contributed by atoms with Crippen LogP contribution in [-0.2, 0) is 11.2 Å². The number of aryl methyl sites for hydroxylation is 1. The second-order valence-electron chi connectivity index (χ2n) is 5.31. The number of nitrogens with zero attached hydrogens (tertiary/aromatic N) is 1. The molecule has 1 aromatic rings. The van der Waals surface area contributed by atoms with Crippen LogP contribution in [0.2, 0.25) is 0 Å². The molecule has 0 atom stereocenters. The molecule has 0 aliphatic rings. The smallest absolute Gasteiger partial charge is 0.219 e. The third kappa shape index (κ3) is 7.78. The zero-order valence-electron chi connectivity index (χ0n) is 12.8. The fraction of sp³-hybridized carbons (Fsp3) is 0.500. The molecule has 0 aliphatic heterocycles. The van der Waals surface area contributed by atoms with Crippen LogP contribution in [0.5, 0.6) is 0 Å². The van der Waals surface area contributed by atoms with E-state index in [1.54, 1.807) is 11.8 Å². The second-order valence-corrected chi connectivity index (χ2v) is 5.31. The maximum absolute atomic E-state index is 11.0.